The van der Waals surface area contributed by atoms with Crippen LogP contribution >= 0.6 is 0 Å². The molecule has 198 valence electrons. The average molecular weight is 521 g/mol. The molecule has 1 aromatic carbocycles. The minimum Gasteiger partial charge on any atom is -0.369 e. The summed E-state index contributed by atoms with van der Waals surface area (Å²) in [5.41, 5.74) is 7.01. The van der Waals surface area contributed by atoms with Gasteiger partial charge in [0.2, 0.25) is 0 Å². The summed E-state index contributed by atoms with van der Waals surface area (Å²) in [5, 5.41) is 9.56. The van der Waals surface area contributed by atoms with Crippen LogP contribution in [-0.4, -0.2) is 55.4 Å². The lowest BCUT2D eigenvalue weighted by atomic mass is 9.96. The summed E-state index contributed by atoms with van der Waals surface area (Å²) in [5.74, 6) is 1.23. The first-order chi connectivity index (χ1) is 18.9. The Labute approximate surface area is 227 Å². The summed E-state index contributed by atoms with van der Waals surface area (Å²) < 4.78 is 3.84. The number of aromatic nitrogens is 5. The van der Waals surface area contributed by atoms with E-state index in [1.54, 1.807) is 29.6 Å². The number of imidazole rings is 1. The number of fused-ring (bicyclic) bond motifs is 2. The SMILES string of the molecule is Cc1cc2c(N=CN(C)C)nccc2c(C)c1CNC(=O)c1cnn(Cc2cn3cc(C4CC4)ccc3n2)c1. The number of carbonyl (C=O) groups is 1. The van der Waals surface area contributed by atoms with Crippen molar-refractivity contribution in [1.29, 1.82) is 0 Å². The van der Waals surface area contributed by atoms with Crippen LogP contribution in [-0.2, 0) is 13.1 Å². The zero-order valence-electron chi connectivity index (χ0n) is 22.7. The van der Waals surface area contributed by atoms with Crippen LogP contribution in [0, 0.1) is 13.8 Å². The normalized spacial score (nSPS) is 13.5. The van der Waals surface area contributed by atoms with Crippen LogP contribution in [0.15, 0.2) is 60.2 Å². The lowest BCUT2D eigenvalue weighted by Crippen LogP contribution is -2.23. The third-order valence-corrected chi connectivity index (χ3v) is 7.29. The molecule has 9 heteroatoms. The van der Waals surface area contributed by atoms with E-state index in [-0.39, 0.29) is 5.91 Å². The van der Waals surface area contributed by atoms with Crippen LogP contribution in [0.25, 0.3) is 16.4 Å². The zero-order chi connectivity index (χ0) is 27.1. The van der Waals surface area contributed by atoms with Gasteiger partial charge in [-0.3, -0.25) is 9.48 Å². The molecule has 1 amide bonds. The Hall–Kier alpha value is -4.53. The van der Waals surface area contributed by atoms with Crippen molar-refractivity contribution in [2.45, 2.75) is 45.7 Å². The van der Waals surface area contributed by atoms with E-state index in [0.717, 1.165) is 38.8 Å². The Bertz CT molecular complexity index is 1720. The maximum absolute atomic E-state index is 13.0. The summed E-state index contributed by atoms with van der Waals surface area (Å²) in [4.78, 5) is 28.6. The highest BCUT2D eigenvalue weighted by atomic mass is 16.1. The number of hydrogen-bond acceptors (Lipinski definition) is 5. The summed E-state index contributed by atoms with van der Waals surface area (Å²) in [6.07, 6.45) is 13.7. The van der Waals surface area contributed by atoms with Gasteiger partial charge in [0, 0.05) is 50.8 Å². The maximum atomic E-state index is 13.0. The van der Waals surface area contributed by atoms with Crippen molar-refractivity contribution in [2.24, 2.45) is 4.99 Å². The highest BCUT2D eigenvalue weighted by Crippen LogP contribution is 2.39. The second kappa shape index (κ2) is 9.98. The van der Waals surface area contributed by atoms with Crippen LogP contribution in [0.1, 0.15) is 57.1 Å². The predicted octanol–water partition coefficient (Wildman–Crippen LogP) is 4.77. The van der Waals surface area contributed by atoms with Gasteiger partial charge >= 0.3 is 0 Å². The number of rotatable bonds is 8. The Balaban J connectivity index is 1.15. The lowest BCUT2D eigenvalue weighted by Gasteiger charge is -2.15. The van der Waals surface area contributed by atoms with Crippen LogP contribution in [0.2, 0.25) is 0 Å². The van der Waals surface area contributed by atoms with Crippen molar-refractivity contribution >= 4 is 34.5 Å². The molecule has 0 saturated heterocycles. The molecular weight excluding hydrogens is 488 g/mol. The molecular formula is C30H32N8O. The van der Waals surface area contributed by atoms with Gasteiger partial charge in [-0.1, -0.05) is 6.07 Å². The average Bonchev–Trinajstić information content (AvgIpc) is 3.53. The van der Waals surface area contributed by atoms with Gasteiger partial charge in [0.1, 0.15) is 5.65 Å². The number of aryl methyl sites for hydroxylation is 2. The second-order valence-corrected chi connectivity index (χ2v) is 10.6. The first-order valence-electron chi connectivity index (χ1n) is 13.2. The van der Waals surface area contributed by atoms with Crippen LogP contribution < -0.4 is 5.32 Å². The largest absolute Gasteiger partial charge is 0.369 e. The van der Waals surface area contributed by atoms with E-state index in [9.17, 15) is 4.79 Å². The van der Waals surface area contributed by atoms with Crippen molar-refractivity contribution in [2.75, 3.05) is 14.1 Å². The third-order valence-electron chi connectivity index (χ3n) is 7.29. The quantitative estimate of drug-likeness (QED) is 0.235. The standard InChI is InChI=1S/C30H32N8O/c1-19-11-26-25(9-10-31-29(26)33-18-36(3)4)20(2)27(19)13-32-30(39)23-12-34-38(15-23)17-24-16-37-14-22(21-5-6-21)7-8-28(37)35-24/h7-12,14-16,18,21H,5-6,13,17H2,1-4H3,(H,32,39). The van der Waals surface area contributed by atoms with Gasteiger partial charge in [-0.25, -0.2) is 15.0 Å². The summed E-state index contributed by atoms with van der Waals surface area (Å²) in [6.45, 7) is 5.06. The van der Waals surface area contributed by atoms with Crippen molar-refractivity contribution in [3.63, 3.8) is 0 Å². The first-order valence-corrected chi connectivity index (χ1v) is 13.2. The van der Waals surface area contributed by atoms with Gasteiger partial charge in [0.05, 0.1) is 30.3 Å². The Morgan fingerprint density at radius 3 is 2.79 bits per heavy atom. The molecule has 0 atom stereocenters. The summed E-state index contributed by atoms with van der Waals surface area (Å²) in [6, 6.07) is 8.35. The molecule has 1 aliphatic carbocycles. The highest BCUT2D eigenvalue weighted by molar-refractivity contribution is 5.96. The van der Waals surface area contributed by atoms with E-state index < -0.39 is 0 Å². The molecule has 0 unspecified atom stereocenters. The number of nitrogens with one attached hydrogen (secondary N) is 1. The molecule has 4 heterocycles. The van der Waals surface area contributed by atoms with Crippen LogP contribution in [0.5, 0.6) is 0 Å². The van der Waals surface area contributed by atoms with Crippen LogP contribution in [0.4, 0.5) is 5.82 Å². The second-order valence-electron chi connectivity index (χ2n) is 10.6. The van der Waals surface area contributed by atoms with Crippen molar-refractivity contribution < 1.29 is 4.79 Å². The molecule has 1 fully saturated rings. The Morgan fingerprint density at radius 1 is 1.15 bits per heavy atom. The number of nitrogens with zero attached hydrogens (tertiary/aromatic N) is 7. The Morgan fingerprint density at radius 2 is 2.00 bits per heavy atom. The first kappa shape index (κ1) is 24.8. The van der Waals surface area contributed by atoms with Gasteiger partial charge in [0.25, 0.3) is 5.91 Å². The third kappa shape index (κ3) is 5.12. The smallest absolute Gasteiger partial charge is 0.254 e. The van der Waals surface area contributed by atoms with Gasteiger partial charge in [-0.05, 0) is 78.4 Å². The van der Waals surface area contributed by atoms with E-state index in [4.69, 9.17) is 4.98 Å². The molecule has 0 spiro atoms. The fourth-order valence-corrected chi connectivity index (χ4v) is 5.04. The van der Waals surface area contributed by atoms with Gasteiger partial charge in [0.15, 0.2) is 5.82 Å². The number of amides is 1. The molecule has 1 N–H and O–H groups in total. The van der Waals surface area contributed by atoms with Crippen molar-refractivity contribution in [3.05, 3.63) is 88.8 Å². The van der Waals surface area contributed by atoms with E-state index in [1.165, 1.54) is 18.4 Å². The zero-order valence-corrected chi connectivity index (χ0v) is 22.7. The minimum absolute atomic E-state index is 0.157. The van der Waals surface area contributed by atoms with Crippen LogP contribution in [0.3, 0.4) is 0 Å². The number of carbonyl (C=O) groups excluding carboxylic acids is 1. The molecule has 0 aliphatic heterocycles. The van der Waals surface area contributed by atoms with E-state index in [1.807, 2.05) is 31.3 Å². The monoisotopic (exact) mass is 520 g/mol. The maximum Gasteiger partial charge on any atom is 0.254 e. The fourth-order valence-electron chi connectivity index (χ4n) is 5.04. The molecule has 39 heavy (non-hydrogen) atoms. The number of hydrogen-bond donors (Lipinski definition) is 1. The fraction of sp³-hybridized carbons (Fsp3) is 0.300. The van der Waals surface area contributed by atoms with Crippen molar-refractivity contribution in [1.82, 2.24) is 34.4 Å². The molecule has 9 nitrogen and oxygen atoms in total. The molecule has 0 bridgehead atoms. The van der Waals surface area contributed by atoms with Gasteiger partial charge in [-0.2, -0.15) is 5.10 Å². The summed E-state index contributed by atoms with van der Waals surface area (Å²) in [7, 11) is 3.86. The predicted molar refractivity (Wildman–Crippen MR) is 153 cm³/mol. The number of pyridine rings is 2. The molecule has 1 saturated carbocycles. The van der Waals surface area contributed by atoms with Gasteiger partial charge in [-0.15, -0.1) is 0 Å². The van der Waals surface area contributed by atoms with E-state index >= 15 is 0 Å². The van der Waals surface area contributed by atoms with E-state index in [0.29, 0.717) is 30.4 Å². The van der Waals surface area contributed by atoms with E-state index in [2.05, 4.69) is 63.0 Å². The lowest BCUT2D eigenvalue weighted by molar-refractivity contribution is 0.0950. The minimum atomic E-state index is -0.157. The molecule has 5 aromatic rings. The molecule has 1 aliphatic rings. The summed E-state index contributed by atoms with van der Waals surface area (Å²) >= 11 is 0. The molecule has 4 aromatic heterocycles. The topological polar surface area (TPSA) is 92.7 Å². The highest BCUT2D eigenvalue weighted by Gasteiger charge is 2.23. The molecule has 0 radical (unpaired) electrons. The Kier molecular flexibility index (Phi) is 6.34. The molecule has 6 rings (SSSR count). The van der Waals surface area contributed by atoms with Gasteiger partial charge < -0.3 is 14.6 Å². The van der Waals surface area contributed by atoms with Crippen molar-refractivity contribution in [3.8, 4) is 0 Å². The number of benzene rings is 1. The number of aliphatic imine (C=N–C) groups is 1.